The molecular formula is C16H24BrNO2. The Kier molecular flexibility index (Phi) is 5.63. The maximum atomic E-state index is 11.9. The third-order valence-corrected chi connectivity index (χ3v) is 4.20. The molecule has 0 atom stereocenters. The van der Waals surface area contributed by atoms with E-state index in [4.69, 9.17) is 4.74 Å². The Balaban J connectivity index is 2.83. The molecule has 0 radical (unpaired) electrons. The van der Waals surface area contributed by atoms with Gasteiger partial charge in [0, 0.05) is 11.0 Å². The molecule has 112 valence electrons. The highest BCUT2D eigenvalue weighted by molar-refractivity contribution is 9.09. The topological polar surface area (TPSA) is 38.3 Å². The molecule has 0 aliphatic carbocycles. The van der Waals surface area contributed by atoms with Crippen LogP contribution in [-0.2, 0) is 11.2 Å². The molecule has 0 aromatic heterocycles. The molecule has 1 rings (SSSR count). The van der Waals surface area contributed by atoms with Crippen LogP contribution in [0.4, 0.5) is 10.5 Å². The molecule has 0 bridgehead atoms. The number of ether oxygens (including phenoxy) is 1. The van der Waals surface area contributed by atoms with Gasteiger partial charge in [-0.2, -0.15) is 0 Å². The Labute approximate surface area is 130 Å². The van der Waals surface area contributed by atoms with Gasteiger partial charge in [0.25, 0.3) is 0 Å². The number of carbonyl (C=O) groups excluding carboxylic acids is 1. The number of amides is 1. The Hall–Kier alpha value is -1.03. The molecule has 1 aromatic rings. The predicted octanol–water partition coefficient (Wildman–Crippen LogP) is 5.00. The van der Waals surface area contributed by atoms with E-state index in [1.165, 1.54) is 0 Å². The van der Waals surface area contributed by atoms with Gasteiger partial charge in [-0.25, -0.2) is 4.79 Å². The predicted molar refractivity (Wildman–Crippen MR) is 87.6 cm³/mol. The number of hydrogen-bond acceptors (Lipinski definition) is 2. The van der Waals surface area contributed by atoms with Crippen molar-refractivity contribution in [2.75, 3.05) is 10.6 Å². The normalized spacial score (nSPS) is 12.1. The van der Waals surface area contributed by atoms with Crippen molar-refractivity contribution in [3.05, 3.63) is 29.8 Å². The van der Waals surface area contributed by atoms with Gasteiger partial charge in [0.2, 0.25) is 0 Å². The summed E-state index contributed by atoms with van der Waals surface area (Å²) < 4.78 is 5.29. The minimum absolute atomic E-state index is 0.131. The number of anilines is 1. The van der Waals surface area contributed by atoms with Crippen LogP contribution < -0.4 is 5.32 Å². The molecule has 3 nitrogen and oxygen atoms in total. The summed E-state index contributed by atoms with van der Waals surface area (Å²) in [5.74, 6) is 0. The highest BCUT2D eigenvalue weighted by atomic mass is 79.9. The smallest absolute Gasteiger partial charge is 0.412 e. The minimum Gasteiger partial charge on any atom is -0.444 e. The average molecular weight is 342 g/mol. The minimum atomic E-state index is -0.492. The fourth-order valence-electron chi connectivity index (χ4n) is 1.77. The van der Waals surface area contributed by atoms with Crippen LogP contribution in [0.3, 0.4) is 0 Å². The Bertz CT molecular complexity index is 464. The van der Waals surface area contributed by atoms with Crippen LogP contribution in [0.25, 0.3) is 0 Å². The van der Waals surface area contributed by atoms with Crippen LogP contribution in [-0.4, -0.2) is 17.0 Å². The molecule has 1 amide bonds. The zero-order valence-corrected chi connectivity index (χ0v) is 14.5. The summed E-state index contributed by atoms with van der Waals surface area (Å²) in [6.07, 6.45) is 0.464. The third-order valence-electron chi connectivity index (χ3n) is 2.68. The maximum Gasteiger partial charge on any atom is 0.412 e. The van der Waals surface area contributed by atoms with E-state index in [1.54, 1.807) is 0 Å². The quantitative estimate of drug-likeness (QED) is 0.782. The second-order valence-corrected chi connectivity index (χ2v) is 7.32. The van der Waals surface area contributed by atoms with Crippen LogP contribution in [0.15, 0.2) is 24.3 Å². The summed E-state index contributed by atoms with van der Waals surface area (Å²) in [5.41, 5.74) is 1.57. The fraction of sp³-hybridized carbons (Fsp3) is 0.562. The Morgan fingerprint density at radius 2 is 1.80 bits per heavy atom. The molecule has 4 heteroatoms. The standard InChI is InChI=1S/C16H24BrNO2/c1-15(2,3)20-14(19)18-13-9-7-6-8-12(13)10-16(4,5)11-17/h6-9H,10-11H2,1-5H3,(H,18,19). The van der Waals surface area contributed by atoms with Gasteiger partial charge in [-0.05, 0) is 44.2 Å². The average Bonchev–Trinajstić information content (AvgIpc) is 2.29. The molecule has 20 heavy (non-hydrogen) atoms. The first-order chi connectivity index (χ1) is 9.13. The van der Waals surface area contributed by atoms with Gasteiger partial charge >= 0.3 is 6.09 Å². The molecule has 0 fully saturated rings. The van der Waals surface area contributed by atoms with E-state index in [9.17, 15) is 4.79 Å². The van der Waals surface area contributed by atoms with Gasteiger partial charge < -0.3 is 4.74 Å². The van der Waals surface area contributed by atoms with Gasteiger partial charge in [0.15, 0.2) is 0 Å². The molecule has 0 heterocycles. The van der Waals surface area contributed by atoms with Crippen molar-refractivity contribution < 1.29 is 9.53 Å². The van der Waals surface area contributed by atoms with Crippen molar-refractivity contribution in [1.29, 1.82) is 0 Å². The summed E-state index contributed by atoms with van der Waals surface area (Å²) in [5, 5.41) is 3.74. The lowest BCUT2D eigenvalue weighted by Gasteiger charge is -2.24. The van der Waals surface area contributed by atoms with Gasteiger partial charge in [-0.3, -0.25) is 5.32 Å². The third kappa shape index (κ3) is 5.95. The monoisotopic (exact) mass is 341 g/mol. The number of halogens is 1. The molecule has 0 saturated heterocycles. The van der Waals surface area contributed by atoms with E-state index >= 15 is 0 Å². The van der Waals surface area contributed by atoms with E-state index in [2.05, 4.69) is 35.1 Å². The molecule has 0 saturated carbocycles. The summed E-state index contributed by atoms with van der Waals surface area (Å²) in [7, 11) is 0. The van der Waals surface area contributed by atoms with E-state index in [0.29, 0.717) is 0 Å². The number of nitrogens with one attached hydrogen (secondary N) is 1. The van der Waals surface area contributed by atoms with Crippen LogP contribution in [0.1, 0.15) is 40.2 Å². The molecule has 0 spiro atoms. The fourth-order valence-corrected chi connectivity index (χ4v) is 1.97. The lowest BCUT2D eigenvalue weighted by molar-refractivity contribution is 0.0635. The number of hydrogen-bond donors (Lipinski definition) is 1. The van der Waals surface area contributed by atoms with Gasteiger partial charge in [-0.1, -0.05) is 48.0 Å². The molecule has 0 aliphatic rings. The second kappa shape index (κ2) is 6.61. The van der Waals surface area contributed by atoms with Crippen LogP contribution in [0.5, 0.6) is 0 Å². The van der Waals surface area contributed by atoms with Crippen molar-refractivity contribution in [3.63, 3.8) is 0 Å². The molecule has 1 aromatic carbocycles. The highest BCUT2D eigenvalue weighted by Gasteiger charge is 2.20. The first kappa shape index (κ1) is 17.0. The van der Waals surface area contributed by atoms with Crippen molar-refractivity contribution >= 4 is 27.7 Å². The maximum absolute atomic E-state index is 11.9. The molecule has 0 unspecified atom stereocenters. The summed E-state index contributed by atoms with van der Waals surface area (Å²) >= 11 is 3.53. The lowest BCUT2D eigenvalue weighted by Crippen LogP contribution is -2.28. The van der Waals surface area contributed by atoms with Gasteiger partial charge in [0.05, 0.1) is 0 Å². The number of benzene rings is 1. The van der Waals surface area contributed by atoms with Crippen molar-refractivity contribution in [2.24, 2.45) is 5.41 Å². The zero-order valence-electron chi connectivity index (χ0n) is 12.9. The van der Waals surface area contributed by atoms with E-state index in [1.807, 2.05) is 45.0 Å². The number of alkyl halides is 1. The Morgan fingerprint density at radius 1 is 1.20 bits per heavy atom. The van der Waals surface area contributed by atoms with E-state index < -0.39 is 11.7 Å². The number of carbonyl (C=O) groups is 1. The molecule has 1 N–H and O–H groups in total. The summed E-state index contributed by atoms with van der Waals surface area (Å²) in [4.78, 5) is 11.9. The SMILES string of the molecule is CC(C)(CBr)Cc1ccccc1NC(=O)OC(C)(C)C. The van der Waals surface area contributed by atoms with E-state index in [0.717, 1.165) is 23.0 Å². The van der Waals surface area contributed by atoms with E-state index in [-0.39, 0.29) is 5.41 Å². The molecule has 0 aliphatic heterocycles. The molecular weight excluding hydrogens is 318 g/mol. The largest absolute Gasteiger partial charge is 0.444 e. The highest BCUT2D eigenvalue weighted by Crippen LogP contribution is 2.28. The van der Waals surface area contributed by atoms with Crippen LogP contribution in [0, 0.1) is 5.41 Å². The first-order valence-corrected chi connectivity index (χ1v) is 7.89. The Morgan fingerprint density at radius 3 is 2.35 bits per heavy atom. The van der Waals surface area contributed by atoms with Crippen LogP contribution >= 0.6 is 15.9 Å². The van der Waals surface area contributed by atoms with Gasteiger partial charge in [-0.15, -0.1) is 0 Å². The van der Waals surface area contributed by atoms with Gasteiger partial charge in [0.1, 0.15) is 5.60 Å². The first-order valence-electron chi connectivity index (χ1n) is 6.77. The zero-order chi connectivity index (χ0) is 15.4. The van der Waals surface area contributed by atoms with Crippen molar-refractivity contribution in [1.82, 2.24) is 0 Å². The lowest BCUT2D eigenvalue weighted by atomic mass is 9.87. The summed E-state index contributed by atoms with van der Waals surface area (Å²) in [6, 6.07) is 7.85. The van der Waals surface area contributed by atoms with Crippen molar-refractivity contribution in [3.8, 4) is 0 Å². The summed E-state index contributed by atoms with van der Waals surface area (Å²) in [6.45, 7) is 9.93. The number of rotatable bonds is 4. The number of para-hydroxylation sites is 1. The second-order valence-electron chi connectivity index (χ2n) is 6.76. The van der Waals surface area contributed by atoms with Crippen molar-refractivity contribution in [2.45, 2.75) is 46.6 Å². The van der Waals surface area contributed by atoms with Crippen LogP contribution in [0.2, 0.25) is 0 Å².